The van der Waals surface area contributed by atoms with Gasteiger partial charge in [-0.2, -0.15) is 0 Å². The third-order valence-electron chi connectivity index (χ3n) is 4.85. The maximum absolute atomic E-state index is 12.5. The minimum absolute atomic E-state index is 0.00757. The minimum atomic E-state index is -0.0631. The van der Waals surface area contributed by atoms with E-state index in [0.717, 1.165) is 5.56 Å². The van der Waals surface area contributed by atoms with E-state index in [4.69, 9.17) is 16.3 Å². The number of carbonyl (C=O) groups excluding carboxylic acids is 2. The van der Waals surface area contributed by atoms with Crippen LogP contribution in [0.3, 0.4) is 0 Å². The lowest BCUT2D eigenvalue weighted by molar-refractivity contribution is -0.134. The Hall–Kier alpha value is -2.53. The molecule has 1 saturated heterocycles. The highest BCUT2D eigenvalue weighted by molar-refractivity contribution is 6.30. The molecular weight excluding hydrogens is 364 g/mol. The number of hydrogen-bond donors (Lipinski definition) is 0. The molecule has 0 bridgehead atoms. The van der Waals surface area contributed by atoms with Crippen LogP contribution in [0.2, 0.25) is 5.02 Å². The zero-order chi connectivity index (χ0) is 19.4. The minimum Gasteiger partial charge on any atom is -0.484 e. The molecule has 6 heteroatoms. The zero-order valence-electron chi connectivity index (χ0n) is 15.6. The summed E-state index contributed by atoms with van der Waals surface area (Å²) >= 11 is 5.87. The van der Waals surface area contributed by atoms with E-state index in [-0.39, 0.29) is 18.4 Å². The molecule has 0 spiro atoms. The van der Waals surface area contributed by atoms with E-state index in [0.29, 0.717) is 42.5 Å². The van der Waals surface area contributed by atoms with Crippen molar-refractivity contribution < 1.29 is 14.3 Å². The van der Waals surface area contributed by atoms with Crippen molar-refractivity contribution in [2.75, 3.05) is 32.8 Å². The van der Waals surface area contributed by atoms with E-state index in [2.05, 4.69) is 0 Å². The first-order valence-electron chi connectivity index (χ1n) is 8.97. The van der Waals surface area contributed by atoms with Crippen molar-refractivity contribution in [2.24, 2.45) is 0 Å². The second kappa shape index (κ2) is 8.44. The number of carbonyl (C=O) groups is 2. The number of amides is 2. The predicted octanol–water partition coefficient (Wildman–Crippen LogP) is 3.32. The molecule has 5 nitrogen and oxygen atoms in total. The molecule has 0 saturated carbocycles. The number of aryl methyl sites for hydroxylation is 2. The first-order valence-corrected chi connectivity index (χ1v) is 9.34. The van der Waals surface area contributed by atoms with Crippen molar-refractivity contribution >= 4 is 23.4 Å². The number of nitrogens with zero attached hydrogens (tertiary/aromatic N) is 2. The number of piperazine rings is 1. The largest absolute Gasteiger partial charge is 0.484 e. The van der Waals surface area contributed by atoms with Gasteiger partial charge < -0.3 is 14.5 Å². The molecule has 2 aromatic rings. The van der Waals surface area contributed by atoms with Gasteiger partial charge in [-0.15, -0.1) is 0 Å². The van der Waals surface area contributed by atoms with Gasteiger partial charge in [-0.05, 0) is 61.4 Å². The lowest BCUT2D eigenvalue weighted by Crippen LogP contribution is -2.51. The summed E-state index contributed by atoms with van der Waals surface area (Å²) in [5.74, 6) is 0.597. The average Bonchev–Trinajstić information content (AvgIpc) is 2.69. The van der Waals surface area contributed by atoms with Gasteiger partial charge in [-0.3, -0.25) is 9.59 Å². The lowest BCUT2D eigenvalue weighted by atomic mass is 10.1. The fourth-order valence-electron chi connectivity index (χ4n) is 2.97. The molecule has 1 heterocycles. The molecule has 1 aliphatic rings. The van der Waals surface area contributed by atoms with Gasteiger partial charge in [-0.1, -0.05) is 17.7 Å². The summed E-state index contributed by atoms with van der Waals surface area (Å²) < 4.78 is 5.63. The highest BCUT2D eigenvalue weighted by Crippen LogP contribution is 2.17. The maximum atomic E-state index is 12.5. The number of ether oxygens (including phenoxy) is 1. The fraction of sp³-hybridized carbons (Fsp3) is 0.333. The maximum Gasteiger partial charge on any atom is 0.260 e. The molecule has 0 aliphatic carbocycles. The third-order valence-corrected chi connectivity index (χ3v) is 5.10. The van der Waals surface area contributed by atoms with E-state index < -0.39 is 0 Å². The zero-order valence-corrected chi connectivity index (χ0v) is 16.3. The van der Waals surface area contributed by atoms with Gasteiger partial charge in [0.15, 0.2) is 6.61 Å². The van der Waals surface area contributed by atoms with Crippen LogP contribution in [-0.2, 0) is 4.79 Å². The predicted molar refractivity (Wildman–Crippen MR) is 105 cm³/mol. The Morgan fingerprint density at radius 2 is 1.56 bits per heavy atom. The second-order valence-electron chi connectivity index (χ2n) is 6.71. The van der Waals surface area contributed by atoms with E-state index in [1.54, 1.807) is 34.1 Å². The Morgan fingerprint density at radius 3 is 2.19 bits per heavy atom. The first-order chi connectivity index (χ1) is 12.9. The third kappa shape index (κ3) is 4.80. The van der Waals surface area contributed by atoms with Crippen LogP contribution in [0.15, 0.2) is 42.5 Å². The molecule has 27 heavy (non-hydrogen) atoms. The normalized spacial score (nSPS) is 14.2. The van der Waals surface area contributed by atoms with Gasteiger partial charge in [0, 0.05) is 36.8 Å². The molecule has 0 radical (unpaired) electrons. The van der Waals surface area contributed by atoms with Gasteiger partial charge >= 0.3 is 0 Å². The lowest BCUT2D eigenvalue weighted by Gasteiger charge is -2.34. The summed E-state index contributed by atoms with van der Waals surface area (Å²) in [7, 11) is 0. The van der Waals surface area contributed by atoms with Crippen LogP contribution in [0.25, 0.3) is 0 Å². The van der Waals surface area contributed by atoms with Crippen molar-refractivity contribution in [1.29, 1.82) is 0 Å². The van der Waals surface area contributed by atoms with E-state index >= 15 is 0 Å². The van der Waals surface area contributed by atoms with Crippen LogP contribution in [0.1, 0.15) is 21.5 Å². The van der Waals surface area contributed by atoms with Gasteiger partial charge in [0.2, 0.25) is 0 Å². The summed E-state index contributed by atoms with van der Waals surface area (Å²) in [6, 6.07) is 12.6. The van der Waals surface area contributed by atoms with E-state index in [1.165, 1.54) is 5.56 Å². The highest BCUT2D eigenvalue weighted by atomic mass is 35.5. The summed E-state index contributed by atoms with van der Waals surface area (Å²) in [6.07, 6.45) is 0. The van der Waals surface area contributed by atoms with Crippen LogP contribution in [0, 0.1) is 13.8 Å². The fourth-order valence-corrected chi connectivity index (χ4v) is 3.10. The van der Waals surface area contributed by atoms with Gasteiger partial charge in [-0.25, -0.2) is 0 Å². The van der Waals surface area contributed by atoms with Crippen molar-refractivity contribution in [3.8, 4) is 5.75 Å². The summed E-state index contributed by atoms with van der Waals surface area (Å²) in [6.45, 7) is 6.10. The number of halogens is 1. The first kappa shape index (κ1) is 19.2. The molecule has 2 amide bonds. The van der Waals surface area contributed by atoms with Crippen molar-refractivity contribution in [1.82, 2.24) is 9.80 Å². The van der Waals surface area contributed by atoms with E-state index in [9.17, 15) is 9.59 Å². The van der Waals surface area contributed by atoms with Gasteiger partial charge in [0.25, 0.3) is 11.8 Å². The number of hydrogen-bond acceptors (Lipinski definition) is 3. The molecule has 0 aromatic heterocycles. The second-order valence-corrected chi connectivity index (χ2v) is 7.15. The number of rotatable bonds is 4. The average molecular weight is 387 g/mol. The van der Waals surface area contributed by atoms with Gasteiger partial charge in [0.1, 0.15) is 5.75 Å². The summed E-state index contributed by atoms with van der Waals surface area (Å²) in [5.41, 5.74) is 2.93. The van der Waals surface area contributed by atoms with Crippen LogP contribution >= 0.6 is 11.6 Å². The highest BCUT2D eigenvalue weighted by Gasteiger charge is 2.25. The smallest absolute Gasteiger partial charge is 0.260 e. The number of benzene rings is 2. The molecule has 142 valence electrons. The molecule has 0 atom stereocenters. The standard InChI is InChI=1S/C21H23ClN2O3/c1-15-3-8-19(13-16(15)2)27-14-20(25)23-9-11-24(12-10-23)21(26)17-4-6-18(22)7-5-17/h3-8,13H,9-12,14H2,1-2H3. The molecule has 1 fully saturated rings. The summed E-state index contributed by atoms with van der Waals surface area (Å²) in [5, 5.41) is 0.603. The molecule has 2 aromatic carbocycles. The Balaban J connectivity index is 1.49. The summed E-state index contributed by atoms with van der Waals surface area (Å²) in [4.78, 5) is 28.4. The van der Waals surface area contributed by atoms with Crippen LogP contribution in [0.5, 0.6) is 5.75 Å². The van der Waals surface area contributed by atoms with Crippen LogP contribution in [-0.4, -0.2) is 54.4 Å². The molecule has 1 aliphatic heterocycles. The quantitative estimate of drug-likeness (QED) is 0.809. The monoisotopic (exact) mass is 386 g/mol. The Kier molecular flexibility index (Phi) is 6.01. The van der Waals surface area contributed by atoms with Gasteiger partial charge in [0.05, 0.1) is 0 Å². The Morgan fingerprint density at radius 1 is 0.926 bits per heavy atom. The molecule has 0 unspecified atom stereocenters. The topological polar surface area (TPSA) is 49.9 Å². The van der Waals surface area contributed by atoms with Crippen molar-refractivity contribution in [3.63, 3.8) is 0 Å². The molecule has 3 rings (SSSR count). The van der Waals surface area contributed by atoms with E-state index in [1.807, 2.05) is 32.0 Å². The van der Waals surface area contributed by atoms with Crippen LogP contribution in [0.4, 0.5) is 0 Å². The van der Waals surface area contributed by atoms with Crippen molar-refractivity contribution in [2.45, 2.75) is 13.8 Å². The molecule has 0 N–H and O–H groups in total. The van der Waals surface area contributed by atoms with Crippen LogP contribution < -0.4 is 4.74 Å². The Labute approximate surface area is 164 Å². The Bertz CT molecular complexity index is 828. The molecular formula is C21H23ClN2O3. The van der Waals surface area contributed by atoms with Crippen molar-refractivity contribution in [3.05, 3.63) is 64.2 Å². The SMILES string of the molecule is Cc1ccc(OCC(=O)N2CCN(C(=O)c3ccc(Cl)cc3)CC2)cc1C.